The molecule has 3 nitrogen and oxygen atoms in total. The second-order valence-corrected chi connectivity index (χ2v) is 5.87. The van der Waals surface area contributed by atoms with E-state index in [1.54, 1.807) is 0 Å². The lowest BCUT2D eigenvalue weighted by Gasteiger charge is -2.24. The van der Waals surface area contributed by atoms with E-state index in [2.05, 4.69) is 31.9 Å². The highest BCUT2D eigenvalue weighted by atomic mass is 79.9. The van der Waals surface area contributed by atoms with Crippen LogP contribution in [0.15, 0.2) is 27.1 Å². The quantitative estimate of drug-likeness (QED) is 0.730. The van der Waals surface area contributed by atoms with Crippen molar-refractivity contribution in [1.82, 2.24) is 4.90 Å². The molecule has 0 amide bonds. The van der Waals surface area contributed by atoms with Gasteiger partial charge in [0.1, 0.15) is 0 Å². The Morgan fingerprint density at radius 3 is 2.50 bits per heavy atom. The van der Waals surface area contributed by atoms with Gasteiger partial charge < -0.3 is 9.64 Å². The molecule has 1 unspecified atom stereocenters. The minimum atomic E-state index is -0.171. The van der Waals surface area contributed by atoms with E-state index in [4.69, 9.17) is 4.74 Å². The minimum absolute atomic E-state index is 0.0217. The van der Waals surface area contributed by atoms with Crippen LogP contribution in [0.25, 0.3) is 0 Å². The zero-order valence-corrected chi connectivity index (χ0v) is 13.9. The van der Waals surface area contributed by atoms with Crippen molar-refractivity contribution in [3.63, 3.8) is 0 Å². The lowest BCUT2D eigenvalue weighted by atomic mass is 10.0. The maximum absolute atomic E-state index is 11.6. The van der Waals surface area contributed by atoms with Crippen LogP contribution in [-0.4, -0.2) is 31.6 Å². The second kappa shape index (κ2) is 7.26. The van der Waals surface area contributed by atoms with Crippen molar-refractivity contribution in [2.24, 2.45) is 0 Å². The number of carbonyl (C=O) groups excluding carboxylic acids is 1. The summed E-state index contributed by atoms with van der Waals surface area (Å²) in [6.07, 6.45) is 0.356. The highest BCUT2D eigenvalue weighted by Gasteiger charge is 2.19. The highest BCUT2D eigenvalue weighted by molar-refractivity contribution is 9.13. The van der Waals surface area contributed by atoms with Gasteiger partial charge in [-0.2, -0.15) is 0 Å². The third kappa shape index (κ3) is 4.37. The normalized spacial score (nSPS) is 12.6. The first-order chi connectivity index (χ1) is 8.45. The molecule has 0 bridgehead atoms. The molecule has 0 spiro atoms. The summed E-state index contributed by atoms with van der Waals surface area (Å²) >= 11 is 6.92. The van der Waals surface area contributed by atoms with Crippen molar-refractivity contribution in [3.05, 3.63) is 32.7 Å². The number of ether oxygens (including phenoxy) is 1. The van der Waals surface area contributed by atoms with Gasteiger partial charge in [0, 0.05) is 15.0 Å². The van der Waals surface area contributed by atoms with Crippen LogP contribution in [0.4, 0.5) is 0 Å². The van der Waals surface area contributed by atoms with E-state index in [1.807, 2.05) is 44.1 Å². The molecule has 5 heteroatoms. The number of esters is 1. The molecule has 1 aromatic rings. The van der Waals surface area contributed by atoms with Gasteiger partial charge in [0.25, 0.3) is 0 Å². The largest absolute Gasteiger partial charge is 0.466 e. The van der Waals surface area contributed by atoms with Gasteiger partial charge in [0.05, 0.1) is 13.0 Å². The fourth-order valence-corrected chi connectivity index (χ4v) is 2.34. The molecular weight excluding hydrogens is 362 g/mol. The predicted octanol–water partition coefficient (Wildman–Crippen LogP) is 3.77. The Hall–Kier alpha value is -0.390. The minimum Gasteiger partial charge on any atom is -0.466 e. The number of rotatable bonds is 5. The zero-order chi connectivity index (χ0) is 13.7. The van der Waals surface area contributed by atoms with E-state index >= 15 is 0 Å². The average Bonchev–Trinajstić information content (AvgIpc) is 2.30. The summed E-state index contributed by atoms with van der Waals surface area (Å²) in [7, 11) is 3.92. The first kappa shape index (κ1) is 15.7. The molecular formula is C13H17Br2NO2. The topological polar surface area (TPSA) is 29.5 Å². The fraction of sp³-hybridized carbons (Fsp3) is 0.462. The van der Waals surface area contributed by atoms with Crippen molar-refractivity contribution in [2.75, 3.05) is 20.7 Å². The van der Waals surface area contributed by atoms with Gasteiger partial charge in [0.15, 0.2) is 0 Å². The maximum atomic E-state index is 11.6. The third-order valence-corrected chi connectivity index (χ3v) is 4.50. The van der Waals surface area contributed by atoms with Crippen molar-refractivity contribution in [3.8, 4) is 0 Å². The zero-order valence-electron chi connectivity index (χ0n) is 10.7. The number of carbonyl (C=O) groups is 1. The number of nitrogens with zero attached hydrogens (tertiary/aromatic N) is 1. The van der Waals surface area contributed by atoms with Gasteiger partial charge in [0.2, 0.25) is 0 Å². The van der Waals surface area contributed by atoms with Gasteiger partial charge in [-0.25, -0.2) is 0 Å². The standard InChI is InChI=1S/C13H17Br2NO2/c1-4-18-13(17)8-12(16(2)3)9-5-6-10(14)11(15)7-9/h5-7,12H,4,8H2,1-3H3. The molecule has 0 aromatic heterocycles. The first-order valence-electron chi connectivity index (χ1n) is 5.72. The lowest BCUT2D eigenvalue weighted by Crippen LogP contribution is -2.23. The molecule has 0 fully saturated rings. The molecule has 0 aliphatic heterocycles. The van der Waals surface area contributed by atoms with E-state index in [9.17, 15) is 4.79 Å². The molecule has 0 saturated carbocycles. The van der Waals surface area contributed by atoms with E-state index in [-0.39, 0.29) is 12.0 Å². The van der Waals surface area contributed by atoms with Crippen LogP contribution in [0, 0.1) is 0 Å². The molecule has 100 valence electrons. The predicted molar refractivity (Wildman–Crippen MR) is 79.5 cm³/mol. The summed E-state index contributed by atoms with van der Waals surface area (Å²) in [5.41, 5.74) is 1.09. The van der Waals surface area contributed by atoms with Crippen LogP contribution >= 0.6 is 31.9 Å². The van der Waals surface area contributed by atoms with Gasteiger partial charge in [-0.05, 0) is 70.6 Å². The van der Waals surface area contributed by atoms with E-state index in [0.717, 1.165) is 14.5 Å². The van der Waals surface area contributed by atoms with E-state index < -0.39 is 0 Å². The first-order valence-corrected chi connectivity index (χ1v) is 7.31. The van der Waals surface area contributed by atoms with Crippen LogP contribution < -0.4 is 0 Å². The Labute approximate surface area is 125 Å². The molecule has 1 atom stereocenters. The molecule has 18 heavy (non-hydrogen) atoms. The molecule has 0 N–H and O–H groups in total. The molecule has 1 aromatic carbocycles. The van der Waals surface area contributed by atoms with Crippen LogP contribution in [0.5, 0.6) is 0 Å². The van der Waals surface area contributed by atoms with Crippen molar-refractivity contribution in [2.45, 2.75) is 19.4 Å². The number of hydrogen-bond donors (Lipinski definition) is 0. The second-order valence-electron chi connectivity index (χ2n) is 4.16. The van der Waals surface area contributed by atoms with Crippen molar-refractivity contribution < 1.29 is 9.53 Å². The van der Waals surface area contributed by atoms with Crippen molar-refractivity contribution >= 4 is 37.8 Å². The smallest absolute Gasteiger partial charge is 0.307 e. The Bertz CT molecular complexity index is 421. The van der Waals surface area contributed by atoms with Crippen LogP contribution in [0.3, 0.4) is 0 Å². The summed E-state index contributed by atoms with van der Waals surface area (Å²) in [5, 5.41) is 0. The molecule has 1 rings (SSSR count). The van der Waals surface area contributed by atoms with E-state index in [1.165, 1.54) is 0 Å². The highest BCUT2D eigenvalue weighted by Crippen LogP contribution is 2.29. The molecule has 0 saturated heterocycles. The monoisotopic (exact) mass is 377 g/mol. The van der Waals surface area contributed by atoms with E-state index in [0.29, 0.717) is 13.0 Å². The number of hydrogen-bond acceptors (Lipinski definition) is 3. The summed E-state index contributed by atoms with van der Waals surface area (Å²) in [6, 6.07) is 6.03. The van der Waals surface area contributed by atoms with Crippen LogP contribution in [0.2, 0.25) is 0 Å². The Balaban J connectivity index is 2.90. The summed E-state index contributed by atoms with van der Waals surface area (Å²) in [6.45, 7) is 2.24. The Kier molecular flexibility index (Phi) is 6.32. The van der Waals surface area contributed by atoms with Crippen molar-refractivity contribution in [1.29, 1.82) is 0 Å². The van der Waals surface area contributed by atoms with Gasteiger partial charge in [-0.1, -0.05) is 6.07 Å². The SMILES string of the molecule is CCOC(=O)CC(c1ccc(Br)c(Br)c1)N(C)C. The third-order valence-electron chi connectivity index (χ3n) is 2.62. The number of halogens is 2. The van der Waals surface area contributed by atoms with Gasteiger partial charge in [-0.3, -0.25) is 4.79 Å². The average molecular weight is 379 g/mol. The molecule has 0 aliphatic rings. The lowest BCUT2D eigenvalue weighted by molar-refractivity contribution is -0.144. The summed E-state index contributed by atoms with van der Waals surface area (Å²) in [5.74, 6) is -0.171. The molecule has 0 heterocycles. The fourth-order valence-electron chi connectivity index (χ4n) is 1.70. The van der Waals surface area contributed by atoms with Gasteiger partial charge >= 0.3 is 5.97 Å². The van der Waals surface area contributed by atoms with Gasteiger partial charge in [-0.15, -0.1) is 0 Å². The van der Waals surface area contributed by atoms with Crippen LogP contribution in [-0.2, 0) is 9.53 Å². The summed E-state index contributed by atoms with van der Waals surface area (Å²) < 4.78 is 6.99. The Morgan fingerprint density at radius 1 is 1.33 bits per heavy atom. The molecule has 0 aliphatic carbocycles. The Morgan fingerprint density at radius 2 is 2.00 bits per heavy atom. The van der Waals surface area contributed by atoms with Crippen LogP contribution in [0.1, 0.15) is 24.9 Å². The molecule has 0 radical (unpaired) electrons. The maximum Gasteiger partial charge on any atom is 0.307 e. The summed E-state index contributed by atoms with van der Waals surface area (Å²) in [4.78, 5) is 13.6. The number of benzene rings is 1.